The molecule has 4 rings (SSSR count). The summed E-state index contributed by atoms with van der Waals surface area (Å²) in [6.45, 7) is 3.89. The maximum atomic E-state index is 14.9. The molecule has 2 aromatic carbocycles. The number of likely N-dealkylation sites (N-methyl/N-ethyl adjacent to an activating group) is 1. The molecule has 1 unspecified atom stereocenters. The fourth-order valence-electron chi connectivity index (χ4n) is 4.02. The van der Waals surface area contributed by atoms with E-state index >= 15 is 0 Å². The van der Waals surface area contributed by atoms with E-state index in [1.165, 1.54) is 33.9 Å². The lowest BCUT2D eigenvalue weighted by atomic mass is 10.1. The summed E-state index contributed by atoms with van der Waals surface area (Å²) in [4.78, 5) is 7.70. The van der Waals surface area contributed by atoms with Crippen LogP contribution in [0.25, 0.3) is 0 Å². The lowest BCUT2D eigenvalue weighted by molar-refractivity contribution is 0.259. The lowest BCUT2D eigenvalue weighted by Crippen LogP contribution is -2.35. The Morgan fingerprint density at radius 1 is 1.31 bits per heavy atom. The van der Waals surface area contributed by atoms with Crippen LogP contribution in [0.15, 0.2) is 58.3 Å². The van der Waals surface area contributed by atoms with E-state index in [2.05, 4.69) is 33.7 Å². The second-order valence-electron chi connectivity index (χ2n) is 7.85. The number of thiazole rings is 1. The van der Waals surface area contributed by atoms with Gasteiger partial charge in [-0.15, -0.1) is 11.3 Å². The van der Waals surface area contributed by atoms with Gasteiger partial charge in [0.1, 0.15) is 10.7 Å². The summed E-state index contributed by atoms with van der Waals surface area (Å²) in [5, 5.41) is 1.71. The molecule has 0 bridgehead atoms. The minimum Gasteiger partial charge on any atom is -0.369 e. The second-order valence-corrected chi connectivity index (χ2v) is 10.6. The maximum absolute atomic E-state index is 14.9. The lowest BCUT2D eigenvalue weighted by Gasteiger charge is -2.30. The highest BCUT2D eigenvalue weighted by Crippen LogP contribution is 2.34. The molecule has 10 heteroatoms. The van der Waals surface area contributed by atoms with Crippen LogP contribution in [-0.4, -0.2) is 44.5 Å². The van der Waals surface area contributed by atoms with Gasteiger partial charge in [-0.1, -0.05) is 41.9 Å². The zero-order valence-electron chi connectivity index (χ0n) is 17.7. The van der Waals surface area contributed by atoms with Gasteiger partial charge in [0.25, 0.3) is 10.0 Å². The summed E-state index contributed by atoms with van der Waals surface area (Å²) in [6, 6.07) is 13.1. The molecule has 1 N–H and O–H groups in total. The Kier molecular flexibility index (Phi) is 6.71. The van der Waals surface area contributed by atoms with E-state index in [0.717, 1.165) is 25.6 Å². The molecule has 32 heavy (non-hydrogen) atoms. The van der Waals surface area contributed by atoms with Crippen molar-refractivity contribution < 1.29 is 12.8 Å². The maximum Gasteiger partial charge on any atom is 0.266 e. The third-order valence-corrected chi connectivity index (χ3v) is 8.17. The Balaban J connectivity index is 1.51. The number of sulfonamides is 1. The molecule has 1 aromatic heterocycles. The van der Waals surface area contributed by atoms with Gasteiger partial charge in [-0.2, -0.15) is 0 Å². The number of aromatic nitrogens is 1. The molecule has 0 aliphatic carbocycles. The number of anilines is 2. The van der Waals surface area contributed by atoms with E-state index in [-0.39, 0.29) is 22.9 Å². The summed E-state index contributed by atoms with van der Waals surface area (Å²) < 4.78 is 42.4. The van der Waals surface area contributed by atoms with Crippen molar-refractivity contribution in [3.8, 4) is 0 Å². The molecule has 2 heterocycles. The molecule has 170 valence electrons. The zero-order chi connectivity index (χ0) is 22.9. The fourth-order valence-corrected chi connectivity index (χ4v) is 6.03. The number of benzene rings is 2. The number of halogens is 2. The van der Waals surface area contributed by atoms with Crippen LogP contribution in [-0.2, 0) is 10.0 Å². The number of rotatable bonds is 7. The summed E-state index contributed by atoms with van der Waals surface area (Å²) in [6.07, 6.45) is 0.900. The van der Waals surface area contributed by atoms with Crippen molar-refractivity contribution >= 4 is 44.5 Å². The monoisotopic (exact) mass is 494 g/mol. The van der Waals surface area contributed by atoms with Crippen molar-refractivity contribution in [2.75, 3.05) is 29.8 Å². The molecule has 0 spiro atoms. The van der Waals surface area contributed by atoms with Gasteiger partial charge in [0.2, 0.25) is 0 Å². The predicted octanol–water partition coefficient (Wildman–Crippen LogP) is 5.01. The third-order valence-electron chi connectivity index (χ3n) is 5.91. The van der Waals surface area contributed by atoms with Crippen molar-refractivity contribution in [3.63, 3.8) is 0 Å². The van der Waals surface area contributed by atoms with Crippen molar-refractivity contribution in [1.29, 1.82) is 0 Å². The van der Waals surface area contributed by atoms with Crippen molar-refractivity contribution in [3.05, 3.63) is 69.8 Å². The first kappa shape index (κ1) is 23.0. The second kappa shape index (κ2) is 9.35. The molecular formula is C22H24ClFN4O2S2. The third kappa shape index (κ3) is 4.76. The minimum atomic E-state index is -4.14. The van der Waals surface area contributed by atoms with E-state index < -0.39 is 20.7 Å². The van der Waals surface area contributed by atoms with E-state index in [1.807, 2.05) is 30.1 Å². The van der Waals surface area contributed by atoms with Crippen LogP contribution in [0.5, 0.6) is 0 Å². The van der Waals surface area contributed by atoms with Crippen molar-refractivity contribution in [2.24, 2.45) is 0 Å². The van der Waals surface area contributed by atoms with E-state index in [0.29, 0.717) is 5.69 Å². The quantitative estimate of drug-likeness (QED) is 0.500. The Labute approximate surface area is 196 Å². The number of hydrogen-bond acceptors (Lipinski definition) is 6. The normalized spacial score (nSPS) is 17.9. The van der Waals surface area contributed by atoms with Gasteiger partial charge in [0.05, 0.1) is 16.2 Å². The topological polar surface area (TPSA) is 65.5 Å². The van der Waals surface area contributed by atoms with Crippen LogP contribution in [0.4, 0.5) is 15.9 Å². The Morgan fingerprint density at radius 3 is 2.75 bits per heavy atom. The molecule has 1 fully saturated rings. The first-order valence-electron chi connectivity index (χ1n) is 10.2. The van der Waals surface area contributed by atoms with Gasteiger partial charge in [0, 0.05) is 43.7 Å². The molecule has 3 aromatic rings. The zero-order valence-corrected chi connectivity index (χ0v) is 20.1. The van der Waals surface area contributed by atoms with Gasteiger partial charge in [0.15, 0.2) is 5.82 Å². The van der Waals surface area contributed by atoms with Crippen LogP contribution in [0.2, 0.25) is 5.02 Å². The molecule has 2 atom stereocenters. The molecular weight excluding hydrogens is 471 g/mol. The van der Waals surface area contributed by atoms with Crippen LogP contribution in [0.3, 0.4) is 0 Å². The first-order valence-corrected chi connectivity index (χ1v) is 13.0. The smallest absolute Gasteiger partial charge is 0.266 e. The van der Waals surface area contributed by atoms with Crippen LogP contribution in [0.1, 0.15) is 24.9 Å². The highest BCUT2D eigenvalue weighted by Gasteiger charge is 2.31. The number of likely N-dealkylation sites (tertiary alicyclic amines) is 1. The summed E-state index contributed by atoms with van der Waals surface area (Å²) in [5.41, 5.74) is 3.21. The molecule has 0 radical (unpaired) electrons. The van der Waals surface area contributed by atoms with Crippen LogP contribution < -0.4 is 9.62 Å². The SMILES string of the molecule is CC(c1ccccc1)N1CC[C@H](N(C)c2cc(F)c(S(=O)(=O)Nc3cscn3)cc2Cl)C1. The molecule has 0 amide bonds. The fraction of sp³-hybridized carbons (Fsp3) is 0.318. The highest BCUT2D eigenvalue weighted by molar-refractivity contribution is 7.92. The predicted molar refractivity (Wildman–Crippen MR) is 128 cm³/mol. The Hall–Kier alpha value is -2.20. The van der Waals surface area contributed by atoms with E-state index in [4.69, 9.17) is 11.6 Å². The van der Waals surface area contributed by atoms with E-state index in [1.54, 1.807) is 0 Å². The molecule has 0 saturated carbocycles. The average Bonchev–Trinajstić information content (AvgIpc) is 3.46. The molecule has 1 aliphatic heterocycles. The van der Waals surface area contributed by atoms with Crippen LogP contribution >= 0.6 is 22.9 Å². The highest BCUT2D eigenvalue weighted by atomic mass is 35.5. The number of nitrogens with one attached hydrogen (secondary N) is 1. The minimum absolute atomic E-state index is 0.133. The van der Waals surface area contributed by atoms with E-state index in [9.17, 15) is 12.8 Å². The standard InChI is InChI=1S/C22H24ClFN4O2S2/c1-15(16-6-4-3-5-7-16)28-9-8-17(12-28)27(2)20-11-19(24)21(10-18(20)23)32(29,30)26-22-13-31-14-25-22/h3-7,10-11,13-15,17,26H,8-9,12H2,1-2H3/t15?,17-/m0/s1. The molecule has 6 nitrogen and oxygen atoms in total. The van der Waals surface area contributed by atoms with Gasteiger partial charge in [-0.05, 0) is 25.0 Å². The van der Waals surface area contributed by atoms with Gasteiger partial charge in [-0.3, -0.25) is 9.62 Å². The largest absolute Gasteiger partial charge is 0.369 e. The van der Waals surface area contributed by atoms with Crippen LogP contribution in [0, 0.1) is 5.82 Å². The average molecular weight is 495 g/mol. The summed E-state index contributed by atoms with van der Waals surface area (Å²) in [5.74, 6) is -0.711. The summed E-state index contributed by atoms with van der Waals surface area (Å²) in [7, 11) is -2.28. The molecule has 1 saturated heterocycles. The van der Waals surface area contributed by atoms with Crippen molar-refractivity contribution in [2.45, 2.75) is 30.3 Å². The summed E-state index contributed by atoms with van der Waals surface area (Å²) >= 11 is 7.67. The number of hydrogen-bond donors (Lipinski definition) is 1. The first-order chi connectivity index (χ1) is 15.3. The Bertz CT molecular complexity index is 1180. The van der Waals surface area contributed by atoms with Gasteiger partial charge < -0.3 is 4.90 Å². The molecule has 1 aliphatic rings. The van der Waals surface area contributed by atoms with Crippen molar-refractivity contribution in [1.82, 2.24) is 9.88 Å². The van der Waals surface area contributed by atoms with Gasteiger partial charge >= 0.3 is 0 Å². The van der Waals surface area contributed by atoms with Gasteiger partial charge in [-0.25, -0.2) is 17.8 Å². The Morgan fingerprint density at radius 2 is 2.06 bits per heavy atom. The number of nitrogens with zero attached hydrogens (tertiary/aromatic N) is 3.